The molecule has 1 aliphatic rings. The number of alkyl halides is 1. The van der Waals surface area contributed by atoms with Crippen molar-refractivity contribution in [2.45, 2.75) is 18.3 Å². The zero-order chi connectivity index (χ0) is 9.10. The first kappa shape index (κ1) is 9.21. The minimum absolute atomic E-state index is 0.678. The molecular weight excluding hydrogens is 232 g/mol. The predicted molar refractivity (Wildman–Crippen MR) is 53.8 cm³/mol. The van der Waals surface area contributed by atoms with Gasteiger partial charge in [-0.3, -0.25) is 0 Å². The number of halogens is 1. The Labute approximate surface area is 86.2 Å². The first-order valence-electron chi connectivity index (χ1n) is 4.53. The van der Waals surface area contributed by atoms with Crippen molar-refractivity contribution in [1.82, 2.24) is 9.55 Å². The first-order chi connectivity index (χ1) is 6.38. The molecule has 0 radical (unpaired) electrons. The lowest BCUT2D eigenvalue weighted by molar-refractivity contribution is 0.182. The predicted octanol–water partition coefficient (Wildman–Crippen LogP) is 1.81. The number of hydrogen-bond donors (Lipinski definition) is 0. The Bertz CT molecular complexity index is 268. The Morgan fingerprint density at radius 3 is 3.23 bits per heavy atom. The molecule has 0 saturated carbocycles. The lowest BCUT2D eigenvalue weighted by Gasteiger charge is -2.06. The zero-order valence-corrected chi connectivity index (χ0v) is 9.03. The summed E-state index contributed by atoms with van der Waals surface area (Å²) in [6.45, 7) is 2.87. The van der Waals surface area contributed by atoms with E-state index >= 15 is 0 Å². The SMILES string of the molecule is BrCc1cn(CC2CCOC2)cn1. The molecule has 1 atom stereocenters. The fourth-order valence-electron chi connectivity index (χ4n) is 1.60. The molecule has 0 N–H and O–H groups in total. The highest BCUT2D eigenvalue weighted by Gasteiger charge is 2.15. The fourth-order valence-corrected chi connectivity index (χ4v) is 1.89. The fraction of sp³-hybridized carbons (Fsp3) is 0.667. The molecule has 0 aliphatic carbocycles. The highest BCUT2D eigenvalue weighted by molar-refractivity contribution is 9.08. The van der Waals surface area contributed by atoms with Gasteiger partial charge in [0, 0.05) is 30.6 Å². The summed E-state index contributed by atoms with van der Waals surface area (Å²) in [7, 11) is 0. The van der Waals surface area contributed by atoms with Crippen LogP contribution in [0.25, 0.3) is 0 Å². The van der Waals surface area contributed by atoms with E-state index in [1.165, 1.54) is 6.42 Å². The third kappa shape index (κ3) is 2.31. The Balaban J connectivity index is 1.92. The molecule has 0 spiro atoms. The van der Waals surface area contributed by atoms with Crippen molar-refractivity contribution in [2.24, 2.45) is 5.92 Å². The Hall–Kier alpha value is -0.350. The van der Waals surface area contributed by atoms with Crippen molar-refractivity contribution < 1.29 is 4.74 Å². The van der Waals surface area contributed by atoms with Gasteiger partial charge in [0.15, 0.2) is 0 Å². The van der Waals surface area contributed by atoms with Crippen LogP contribution in [0.2, 0.25) is 0 Å². The van der Waals surface area contributed by atoms with E-state index in [-0.39, 0.29) is 0 Å². The molecule has 1 aromatic heterocycles. The van der Waals surface area contributed by atoms with E-state index in [9.17, 15) is 0 Å². The monoisotopic (exact) mass is 244 g/mol. The number of nitrogens with zero attached hydrogens (tertiary/aromatic N) is 2. The molecule has 1 aromatic rings. The van der Waals surface area contributed by atoms with Crippen LogP contribution in [-0.2, 0) is 16.6 Å². The maximum absolute atomic E-state index is 5.32. The van der Waals surface area contributed by atoms with Gasteiger partial charge in [-0.15, -0.1) is 0 Å². The highest BCUT2D eigenvalue weighted by atomic mass is 79.9. The van der Waals surface area contributed by atoms with Crippen LogP contribution in [0.1, 0.15) is 12.1 Å². The van der Waals surface area contributed by atoms with Gasteiger partial charge >= 0.3 is 0 Å². The maximum Gasteiger partial charge on any atom is 0.0949 e. The maximum atomic E-state index is 5.32. The summed E-state index contributed by atoms with van der Waals surface area (Å²) in [5.74, 6) is 0.678. The van der Waals surface area contributed by atoms with Crippen LogP contribution in [0, 0.1) is 5.92 Å². The van der Waals surface area contributed by atoms with E-state index in [4.69, 9.17) is 4.74 Å². The van der Waals surface area contributed by atoms with Gasteiger partial charge in [-0.25, -0.2) is 4.98 Å². The van der Waals surface area contributed by atoms with E-state index in [0.717, 1.165) is 30.8 Å². The van der Waals surface area contributed by atoms with Crippen LogP contribution in [0.5, 0.6) is 0 Å². The largest absolute Gasteiger partial charge is 0.381 e. The summed E-state index contributed by atoms with van der Waals surface area (Å²) in [4.78, 5) is 4.25. The lowest BCUT2D eigenvalue weighted by atomic mass is 10.1. The van der Waals surface area contributed by atoms with Crippen molar-refractivity contribution in [1.29, 1.82) is 0 Å². The molecule has 1 unspecified atom stereocenters. The van der Waals surface area contributed by atoms with Gasteiger partial charge in [0.25, 0.3) is 0 Å². The molecule has 13 heavy (non-hydrogen) atoms. The van der Waals surface area contributed by atoms with Crippen LogP contribution in [0.3, 0.4) is 0 Å². The van der Waals surface area contributed by atoms with Gasteiger partial charge < -0.3 is 9.30 Å². The average Bonchev–Trinajstić information content (AvgIpc) is 2.76. The van der Waals surface area contributed by atoms with E-state index in [1.807, 2.05) is 6.33 Å². The molecule has 1 saturated heterocycles. The van der Waals surface area contributed by atoms with E-state index in [2.05, 4.69) is 31.7 Å². The minimum Gasteiger partial charge on any atom is -0.381 e. The van der Waals surface area contributed by atoms with Crippen LogP contribution in [0.4, 0.5) is 0 Å². The van der Waals surface area contributed by atoms with Gasteiger partial charge in [0.2, 0.25) is 0 Å². The van der Waals surface area contributed by atoms with Crippen LogP contribution in [0.15, 0.2) is 12.5 Å². The van der Waals surface area contributed by atoms with Gasteiger partial charge in [0.1, 0.15) is 0 Å². The molecule has 1 aliphatic heterocycles. The van der Waals surface area contributed by atoms with Crippen molar-refractivity contribution in [2.75, 3.05) is 13.2 Å². The third-order valence-electron chi connectivity index (χ3n) is 2.32. The molecule has 3 nitrogen and oxygen atoms in total. The molecule has 72 valence electrons. The summed E-state index contributed by atoms with van der Waals surface area (Å²) in [6.07, 6.45) is 5.17. The molecule has 2 heterocycles. The van der Waals surface area contributed by atoms with Gasteiger partial charge in [-0.2, -0.15) is 0 Å². The van der Waals surface area contributed by atoms with Gasteiger partial charge in [-0.05, 0) is 6.42 Å². The van der Waals surface area contributed by atoms with E-state index in [0.29, 0.717) is 5.92 Å². The van der Waals surface area contributed by atoms with Crippen molar-refractivity contribution in [3.8, 4) is 0 Å². The van der Waals surface area contributed by atoms with Crippen molar-refractivity contribution in [3.05, 3.63) is 18.2 Å². The topological polar surface area (TPSA) is 27.1 Å². The molecular formula is C9H13BrN2O. The lowest BCUT2D eigenvalue weighted by Crippen LogP contribution is -2.08. The number of hydrogen-bond acceptors (Lipinski definition) is 2. The van der Waals surface area contributed by atoms with Crippen LogP contribution in [-0.4, -0.2) is 22.8 Å². The number of aromatic nitrogens is 2. The van der Waals surface area contributed by atoms with E-state index < -0.39 is 0 Å². The molecule has 0 aromatic carbocycles. The summed E-state index contributed by atoms with van der Waals surface area (Å²) in [5.41, 5.74) is 1.10. The second-order valence-electron chi connectivity index (χ2n) is 3.43. The second kappa shape index (κ2) is 4.24. The van der Waals surface area contributed by atoms with E-state index in [1.54, 1.807) is 0 Å². The van der Waals surface area contributed by atoms with Crippen molar-refractivity contribution in [3.63, 3.8) is 0 Å². The molecule has 1 fully saturated rings. The summed E-state index contributed by atoms with van der Waals surface area (Å²) < 4.78 is 7.47. The van der Waals surface area contributed by atoms with Crippen LogP contribution >= 0.6 is 15.9 Å². The number of imidazole rings is 1. The highest BCUT2D eigenvalue weighted by Crippen LogP contribution is 2.15. The zero-order valence-electron chi connectivity index (χ0n) is 7.45. The number of rotatable bonds is 3. The normalized spacial score (nSPS) is 22.4. The third-order valence-corrected chi connectivity index (χ3v) is 2.89. The smallest absolute Gasteiger partial charge is 0.0949 e. The Morgan fingerprint density at radius 1 is 1.69 bits per heavy atom. The Kier molecular flexibility index (Phi) is 3.01. The Morgan fingerprint density at radius 2 is 2.62 bits per heavy atom. The molecule has 0 amide bonds. The first-order valence-corrected chi connectivity index (χ1v) is 5.65. The van der Waals surface area contributed by atoms with Gasteiger partial charge in [0.05, 0.1) is 18.6 Å². The average molecular weight is 245 g/mol. The standard InChI is InChI=1S/C9H13BrN2O/c10-3-9-5-12(7-11-9)4-8-1-2-13-6-8/h5,7-8H,1-4,6H2. The second-order valence-corrected chi connectivity index (χ2v) is 3.99. The van der Waals surface area contributed by atoms with Crippen LogP contribution < -0.4 is 0 Å². The molecule has 2 rings (SSSR count). The van der Waals surface area contributed by atoms with Crippen molar-refractivity contribution >= 4 is 15.9 Å². The quantitative estimate of drug-likeness (QED) is 0.759. The molecule has 0 bridgehead atoms. The summed E-state index contributed by atoms with van der Waals surface area (Å²) in [6, 6.07) is 0. The summed E-state index contributed by atoms with van der Waals surface area (Å²) >= 11 is 3.38. The van der Waals surface area contributed by atoms with Gasteiger partial charge in [-0.1, -0.05) is 15.9 Å². The minimum atomic E-state index is 0.678. The molecule has 4 heteroatoms. The number of ether oxygens (including phenoxy) is 1. The summed E-state index contributed by atoms with van der Waals surface area (Å²) in [5, 5.41) is 0.834.